The number of hydrogen-bond acceptors (Lipinski definition) is 5. The minimum atomic E-state index is -0.511. The highest BCUT2D eigenvalue weighted by molar-refractivity contribution is 8.00. The van der Waals surface area contributed by atoms with E-state index in [4.69, 9.17) is 21.3 Å². The van der Waals surface area contributed by atoms with Crippen LogP contribution in [0.3, 0.4) is 0 Å². The summed E-state index contributed by atoms with van der Waals surface area (Å²) in [4.78, 5) is 17.7. The van der Waals surface area contributed by atoms with Gasteiger partial charge in [-0.3, -0.25) is 4.79 Å². The molecule has 4 rings (SSSR count). The van der Waals surface area contributed by atoms with E-state index in [9.17, 15) is 10.1 Å². The molecule has 7 heteroatoms. The van der Waals surface area contributed by atoms with Crippen molar-refractivity contribution >= 4 is 35.0 Å². The lowest BCUT2D eigenvalue weighted by Gasteiger charge is -2.16. The number of aromatic nitrogens is 1. The molecule has 1 heterocycles. The first-order chi connectivity index (χ1) is 17.0. The van der Waals surface area contributed by atoms with Gasteiger partial charge in [-0.05, 0) is 48.9 Å². The predicted octanol–water partition coefficient (Wildman–Crippen LogP) is 7.07. The fourth-order valence-corrected chi connectivity index (χ4v) is 4.62. The summed E-state index contributed by atoms with van der Waals surface area (Å²) in [6, 6.07) is 28.5. The highest BCUT2D eigenvalue weighted by atomic mass is 35.5. The minimum absolute atomic E-state index is 0.209. The Morgan fingerprint density at radius 3 is 2.43 bits per heavy atom. The molecule has 3 aromatic carbocycles. The summed E-state index contributed by atoms with van der Waals surface area (Å²) in [7, 11) is 1.61. The lowest BCUT2D eigenvalue weighted by Crippen LogP contribution is -2.22. The molecule has 0 bridgehead atoms. The molecule has 174 valence electrons. The molecule has 1 N–H and O–H groups in total. The number of nitriles is 1. The number of pyridine rings is 1. The van der Waals surface area contributed by atoms with E-state index in [2.05, 4.69) is 11.4 Å². The zero-order valence-corrected chi connectivity index (χ0v) is 20.7. The Hall–Kier alpha value is -3.79. The van der Waals surface area contributed by atoms with E-state index >= 15 is 0 Å². The number of nitrogens with one attached hydrogen (secondary N) is 1. The van der Waals surface area contributed by atoms with Crippen LogP contribution in [0, 0.1) is 11.3 Å². The molecule has 0 aliphatic rings. The summed E-state index contributed by atoms with van der Waals surface area (Å²) in [5.74, 6) is 0.518. The van der Waals surface area contributed by atoms with Crippen LogP contribution in [0.15, 0.2) is 90.0 Å². The van der Waals surface area contributed by atoms with Gasteiger partial charge in [-0.2, -0.15) is 5.26 Å². The largest absolute Gasteiger partial charge is 0.497 e. The van der Waals surface area contributed by atoms with Crippen LogP contribution in [0.25, 0.3) is 22.4 Å². The molecule has 1 atom stereocenters. The number of thioether (sulfide) groups is 1. The quantitative estimate of drug-likeness (QED) is 0.275. The summed E-state index contributed by atoms with van der Waals surface area (Å²) >= 11 is 7.29. The molecule has 0 fully saturated rings. The number of amides is 1. The van der Waals surface area contributed by atoms with Crippen molar-refractivity contribution in [1.29, 1.82) is 5.26 Å². The van der Waals surface area contributed by atoms with Crippen LogP contribution in [-0.4, -0.2) is 23.3 Å². The maximum Gasteiger partial charge on any atom is 0.237 e. The maximum atomic E-state index is 12.9. The number of halogens is 1. The molecule has 0 radical (unpaired) electrons. The second kappa shape index (κ2) is 11.1. The van der Waals surface area contributed by atoms with Crippen LogP contribution in [0.2, 0.25) is 5.02 Å². The van der Waals surface area contributed by atoms with Crippen molar-refractivity contribution in [3.8, 4) is 34.2 Å². The Balaban J connectivity index is 1.73. The van der Waals surface area contributed by atoms with Gasteiger partial charge in [0.15, 0.2) is 0 Å². The summed E-state index contributed by atoms with van der Waals surface area (Å²) < 4.78 is 5.28. The van der Waals surface area contributed by atoms with Crippen molar-refractivity contribution in [3.63, 3.8) is 0 Å². The molecule has 0 unspecified atom stereocenters. The van der Waals surface area contributed by atoms with Gasteiger partial charge in [0.1, 0.15) is 16.8 Å². The molecule has 0 aliphatic carbocycles. The zero-order valence-electron chi connectivity index (χ0n) is 19.2. The maximum absolute atomic E-state index is 12.9. The van der Waals surface area contributed by atoms with Crippen molar-refractivity contribution in [3.05, 3.63) is 95.5 Å². The zero-order chi connectivity index (χ0) is 24.8. The van der Waals surface area contributed by atoms with Crippen molar-refractivity contribution in [2.75, 3.05) is 12.4 Å². The summed E-state index contributed by atoms with van der Waals surface area (Å²) in [6.07, 6.45) is 0. The molecule has 0 saturated heterocycles. The van der Waals surface area contributed by atoms with E-state index in [1.165, 1.54) is 11.8 Å². The number of ether oxygens (including phenoxy) is 1. The Kier molecular flexibility index (Phi) is 7.71. The highest BCUT2D eigenvalue weighted by Crippen LogP contribution is 2.36. The monoisotopic (exact) mass is 499 g/mol. The van der Waals surface area contributed by atoms with Gasteiger partial charge >= 0.3 is 0 Å². The van der Waals surface area contributed by atoms with Gasteiger partial charge in [-0.15, -0.1) is 0 Å². The number of benzene rings is 3. The van der Waals surface area contributed by atoms with Crippen LogP contribution in [0.5, 0.6) is 5.75 Å². The van der Waals surface area contributed by atoms with Crippen LogP contribution < -0.4 is 10.1 Å². The average molecular weight is 500 g/mol. The van der Waals surface area contributed by atoms with Crippen LogP contribution in [0.1, 0.15) is 12.5 Å². The Bertz CT molecular complexity index is 1390. The third-order valence-electron chi connectivity index (χ3n) is 5.32. The van der Waals surface area contributed by atoms with Gasteiger partial charge in [0.25, 0.3) is 0 Å². The smallest absolute Gasteiger partial charge is 0.237 e. The average Bonchev–Trinajstić information content (AvgIpc) is 2.88. The molecule has 0 aliphatic heterocycles. The minimum Gasteiger partial charge on any atom is -0.497 e. The molecular formula is C28H22ClN3O2S. The first kappa shape index (κ1) is 24.3. The van der Waals surface area contributed by atoms with Crippen molar-refractivity contribution < 1.29 is 9.53 Å². The van der Waals surface area contributed by atoms with Gasteiger partial charge in [0.05, 0.1) is 23.6 Å². The normalized spacial score (nSPS) is 11.4. The fraction of sp³-hybridized carbons (Fsp3) is 0.107. The molecule has 1 amide bonds. The van der Waals surface area contributed by atoms with Crippen molar-refractivity contribution in [2.24, 2.45) is 0 Å². The molecule has 0 saturated carbocycles. The molecule has 1 aromatic heterocycles. The van der Waals surface area contributed by atoms with Gasteiger partial charge < -0.3 is 10.1 Å². The molecular weight excluding hydrogens is 478 g/mol. The van der Waals surface area contributed by atoms with E-state index in [0.29, 0.717) is 21.3 Å². The van der Waals surface area contributed by atoms with Gasteiger partial charge in [0.2, 0.25) is 5.91 Å². The SMILES string of the molecule is COc1ccc(-c2cc(-c3ccccc3)nc(S[C@H](C)C(=O)Nc3cccc(Cl)c3)c2C#N)cc1. The highest BCUT2D eigenvalue weighted by Gasteiger charge is 2.21. The number of methoxy groups -OCH3 is 1. The Labute approximate surface area is 213 Å². The Morgan fingerprint density at radius 2 is 1.77 bits per heavy atom. The van der Waals surface area contributed by atoms with Gasteiger partial charge in [-0.1, -0.05) is 71.9 Å². The van der Waals surface area contributed by atoms with E-state index in [1.807, 2.05) is 60.7 Å². The number of rotatable bonds is 7. The summed E-state index contributed by atoms with van der Waals surface area (Å²) in [5, 5.41) is 13.5. The van der Waals surface area contributed by atoms with E-state index < -0.39 is 5.25 Å². The van der Waals surface area contributed by atoms with Crippen LogP contribution in [0.4, 0.5) is 5.69 Å². The van der Waals surface area contributed by atoms with E-state index in [0.717, 1.165) is 28.1 Å². The number of carbonyl (C=O) groups is 1. The lowest BCUT2D eigenvalue weighted by atomic mass is 9.99. The van der Waals surface area contributed by atoms with Crippen molar-refractivity contribution in [2.45, 2.75) is 17.2 Å². The number of hydrogen-bond donors (Lipinski definition) is 1. The lowest BCUT2D eigenvalue weighted by molar-refractivity contribution is -0.115. The number of nitrogens with zero attached hydrogens (tertiary/aromatic N) is 2. The van der Waals surface area contributed by atoms with Crippen molar-refractivity contribution in [1.82, 2.24) is 4.98 Å². The molecule has 0 spiro atoms. The third-order valence-corrected chi connectivity index (χ3v) is 6.64. The first-order valence-corrected chi connectivity index (χ1v) is 12.1. The third kappa shape index (κ3) is 5.83. The second-order valence-corrected chi connectivity index (χ2v) is 9.47. The fourth-order valence-electron chi connectivity index (χ4n) is 3.50. The predicted molar refractivity (Wildman–Crippen MR) is 142 cm³/mol. The molecule has 4 aromatic rings. The standard InChI is InChI=1S/C28H22ClN3O2S/c1-18(27(33)31-22-10-6-9-21(29)15-22)35-28-25(17-30)24(19-11-13-23(34-2)14-12-19)16-26(32-28)20-7-4-3-5-8-20/h3-16,18H,1-2H3,(H,31,33)/t18-/m1/s1. The summed E-state index contributed by atoms with van der Waals surface area (Å²) in [6.45, 7) is 1.79. The topological polar surface area (TPSA) is 75.0 Å². The second-order valence-electron chi connectivity index (χ2n) is 7.70. The van der Waals surface area contributed by atoms with E-state index in [-0.39, 0.29) is 5.91 Å². The molecule has 35 heavy (non-hydrogen) atoms. The van der Waals surface area contributed by atoms with Crippen LogP contribution >= 0.6 is 23.4 Å². The number of anilines is 1. The van der Waals surface area contributed by atoms with Crippen LogP contribution in [-0.2, 0) is 4.79 Å². The van der Waals surface area contributed by atoms with Gasteiger partial charge in [0, 0.05) is 21.8 Å². The van der Waals surface area contributed by atoms with Gasteiger partial charge in [-0.25, -0.2) is 4.98 Å². The molecule has 5 nitrogen and oxygen atoms in total. The summed E-state index contributed by atoms with van der Waals surface area (Å²) in [5.41, 5.74) is 4.28. The Morgan fingerprint density at radius 1 is 1.03 bits per heavy atom. The number of carbonyl (C=O) groups excluding carboxylic acids is 1. The van der Waals surface area contributed by atoms with E-state index in [1.54, 1.807) is 38.3 Å². The first-order valence-electron chi connectivity index (χ1n) is 10.9.